The Morgan fingerprint density at radius 1 is 0.963 bits per heavy atom. The Kier molecular flexibility index (Phi) is 5.47. The van der Waals surface area contributed by atoms with Crippen LogP contribution in [-0.2, 0) is 4.79 Å². The molecule has 2 aromatic carbocycles. The second-order valence-corrected chi connectivity index (χ2v) is 5.58. The summed E-state index contributed by atoms with van der Waals surface area (Å²) in [5.41, 5.74) is 2.71. The third-order valence-corrected chi connectivity index (χ3v) is 4.09. The molecule has 27 heavy (non-hydrogen) atoms. The van der Waals surface area contributed by atoms with Crippen molar-refractivity contribution in [1.82, 2.24) is 9.78 Å². The van der Waals surface area contributed by atoms with E-state index in [1.165, 1.54) is 10.8 Å². The number of benzene rings is 2. The van der Waals surface area contributed by atoms with E-state index in [9.17, 15) is 9.59 Å². The summed E-state index contributed by atoms with van der Waals surface area (Å²) >= 11 is 0. The Morgan fingerprint density at radius 3 is 2.30 bits per heavy atom. The molecular formula is C21H18N2O4. The van der Waals surface area contributed by atoms with E-state index in [0.717, 1.165) is 6.29 Å². The van der Waals surface area contributed by atoms with E-state index < -0.39 is 0 Å². The van der Waals surface area contributed by atoms with Gasteiger partial charge in [-0.25, -0.2) is 4.68 Å². The van der Waals surface area contributed by atoms with Crippen LogP contribution in [0.2, 0.25) is 0 Å². The van der Waals surface area contributed by atoms with Crippen molar-refractivity contribution in [2.75, 3.05) is 14.2 Å². The van der Waals surface area contributed by atoms with Crippen molar-refractivity contribution in [3.63, 3.8) is 0 Å². The number of hydrogen-bond donors (Lipinski definition) is 0. The van der Waals surface area contributed by atoms with Crippen LogP contribution in [0.1, 0.15) is 15.9 Å². The van der Waals surface area contributed by atoms with Crippen molar-refractivity contribution in [3.05, 3.63) is 71.9 Å². The topological polar surface area (TPSA) is 70.4 Å². The van der Waals surface area contributed by atoms with Crippen molar-refractivity contribution < 1.29 is 19.1 Å². The molecule has 0 bridgehead atoms. The maximum atomic E-state index is 11.6. The van der Waals surface area contributed by atoms with Crippen LogP contribution in [0.5, 0.6) is 11.5 Å². The lowest BCUT2D eigenvalue weighted by Crippen LogP contribution is -2.02. The quantitative estimate of drug-likeness (QED) is 0.475. The van der Waals surface area contributed by atoms with Gasteiger partial charge in [0.05, 0.1) is 25.5 Å². The number of hydrogen-bond acceptors (Lipinski definition) is 5. The van der Waals surface area contributed by atoms with Crippen molar-refractivity contribution in [1.29, 1.82) is 0 Å². The fourth-order valence-corrected chi connectivity index (χ4v) is 2.86. The van der Waals surface area contributed by atoms with Crippen molar-refractivity contribution >= 4 is 18.3 Å². The van der Waals surface area contributed by atoms with Gasteiger partial charge in [-0.15, -0.1) is 0 Å². The molecule has 0 radical (unpaired) electrons. The number of methoxy groups -OCH3 is 2. The fraction of sp³-hybridized carbons (Fsp3) is 0.0952. The Hall–Kier alpha value is -3.67. The number of carbonyl (C=O) groups excluding carboxylic acids is 2. The number of ether oxygens (including phenoxy) is 2. The zero-order valence-electron chi connectivity index (χ0n) is 15.0. The monoisotopic (exact) mass is 362 g/mol. The maximum Gasteiger partial charge on any atom is 0.153 e. The third kappa shape index (κ3) is 3.50. The molecule has 6 heteroatoms. The molecule has 0 aliphatic rings. The highest BCUT2D eigenvalue weighted by atomic mass is 16.5. The molecule has 136 valence electrons. The molecule has 3 aromatic rings. The summed E-state index contributed by atoms with van der Waals surface area (Å²) < 4.78 is 12.3. The lowest BCUT2D eigenvalue weighted by molar-refractivity contribution is -0.104. The minimum absolute atomic E-state index is 0.381. The van der Waals surface area contributed by atoms with E-state index in [0.29, 0.717) is 45.9 Å². The Labute approximate surface area is 156 Å². The number of allylic oxidation sites excluding steroid dienone is 1. The Bertz CT molecular complexity index is 1000. The van der Waals surface area contributed by atoms with Crippen molar-refractivity contribution in [2.45, 2.75) is 0 Å². The summed E-state index contributed by atoms with van der Waals surface area (Å²) in [4.78, 5) is 22.9. The summed E-state index contributed by atoms with van der Waals surface area (Å²) in [5, 5.41) is 4.55. The van der Waals surface area contributed by atoms with Gasteiger partial charge < -0.3 is 9.47 Å². The first kappa shape index (κ1) is 18.1. The maximum absolute atomic E-state index is 11.6. The van der Waals surface area contributed by atoms with E-state index in [1.807, 2.05) is 36.4 Å². The van der Waals surface area contributed by atoms with Gasteiger partial charge in [-0.2, -0.15) is 5.10 Å². The van der Waals surface area contributed by atoms with E-state index in [2.05, 4.69) is 5.10 Å². The summed E-state index contributed by atoms with van der Waals surface area (Å²) in [6.07, 6.45) is 4.36. The van der Waals surface area contributed by atoms with Crippen LogP contribution in [0.3, 0.4) is 0 Å². The second kappa shape index (κ2) is 8.14. The van der Waals surface area contributed by atoms with Gasteiger partial charge in [0.15, 0.2) is 6.29 Å². The standard InChI is InChI=1S/C21H18N2O4/c1-26-19-9-5-3-7-16(19)18(11-12-24)23-13-15(14-25)21(22-23)17-8-4-6-10-20(17)27-2/h3-14H,1-2H3/b18-11+. The minimum atomic E-state index is 0.381. The fourth-order valence-electron chi connectivity index (χ4n) is 2.86. The normalized spacial score (nSPS) is 11.1. The number of rotatable bonds is 7. The number of carbonyl (C=O) groups is 2. The number of aromatic nitrogens is 2. The van der Waals surface area contributed by atoms with Crippen LogP contribution in [0.4, 0.5) is 0 Å². The molecule has 0 aliphatic carbocycles. The lowest BCUT2D eigenvalue weighted by atomic mass is 10.1. The molecule has 0 aliphatic heterocycles. The van der Waals surface area contributed by atoms with Crippen LogP contribution in [0.25, 0.3) is 17.0 Å². The predicted octanol–water partition coefficient (Wildman–Crippen LogP) is 3.47. The van der Waals surface area contributed by atoms with Gasteiger partial charge in [0.2, 0.25) is 0 Å². The predicted molar refractivity (Wildman–Crippen MR) is 102 cm³/mol. The minimum Gasteiger partial charge on any atom is -0.496 e. The van der Waals surface area contributed by atoms with Crippen LogP contribution < -0.4 is 9.47 Å². The second-order valence-electron chi connectivity index (χ2n) is 5.58. The van der Waals surface area contributed by atoms with Crippen LogP contribution >= 0.6 is 0 Å². The average Bonchev–Trinajstić information content (AvgIpc) is 3.15. The highest BCUT2D eigenvalue weighted by molar-refractivity contribution is 5.89. The molecule has 0 saturated heterocycles. The molecule has 6 nitrogen and oxygen atoms in total. The molecule has 0 atom stereocenters. The molecular weight excluding hydrogens is 344 g/mol. The number of para-hydroxylation sites is 2. The average molecular weight is 362 g/mol. The van der Waals surface area contributed by atoms with Crippen LogP contribution in [0.15, 0.2) is 60.8 Å². The van der Waals surface area contributed by atoms with Crippen molar-refractivity contribution in [3.8, 4) is 22.8 Å². The molecule has 0 unspecified atom stereocenters. The van der Waals surface area contributed by atoms with Gasteiger partial charge in [-0.05, 0) is 24.3 Å². The number of aldehydes is 2. The third-order valence-electron chi connectivity index (χ3n) is 4.09. The van der Waals surface area contributed by atoms with E-state index in [1.54, 1.807) is 32.5 Å². The summed E-state index contributed by atoms with van der Waals surface area (Å²) in [6, 6.07) is 14.6. The molecule has 0 amide bonds. The first-order valence-corrected chi connectivity index (χ1v) is 8.21. The molecule has 1 heterocycles. The Morgan fingerprint density at radius 2 is 1.63 bits per heavy atom. The molecule has 1 aromatic heterocycles. The van der Waals surface area contributed by atoms with Crippen LogP contribution in [-0.4, -0.2) is 36.6 Å². The van der Waals surface area contributed by atoms with Gasteiger partial charge in [0.1, 0.15) is 23.5 Å². The highest BCUT2D eigenvalue weighted by Crippen LogP contribution is 2.33. The van der Waals surface area contributed by atoms with Gasteiger partial charge in [-0.3, -0.25) is 9.59 Å². The SMILES string of the molecule is COc1ccccc1/C(=C\C=O)n1cc(C=O)c(-c2ccccc2OC)n1. The lowest BCUT2D eigenvalue weighted by Gasteiger charge is -2.11. The summed E-state index contributed by atoms with van der Waals surface area (Å²) in [7, 11) is 3.11. The van der Waals surface area contributed by atoms with Crippen LogP contribution in [0, 0.1) is 0 Å². The molecule has 0 N–H and O–H groups in total. The van der Waals surface area contributed by atoms with Gasteiger partial charge in [0, 0.05) is 23.4 Å². The van der Waals surface area contributed by atoms with E-state index in [-0.39, 0.29) is 0 Å². The van der Waals surface area contributed by atoms with E-state index >= 15 is 0 Å². The van der Waals surface area contributed by atoms with Gasteiger partial charge in [-0.1, -0.05) is 24.3 Å². The first-order valence-electron chi connectivity index (χ1n) is 8.21. The zero-order valence-corrected chi connectivity index (χ0v) is 15.0. The van der Waals surface area contributed by atoms with Gasteiger partial charge >= 0.3 is 0 Å². The molecule has 0 spiro atoms. The summed E-state index contributed by atoms with van der Waals surface area (Å²) in [5.74, 6) is 1.19. The molecule has 0 saturated carbocycles. The Balaban J connectivity index is 2.19. The highest BCUT2D eigenvalue weighted by Gasteiger charge is 2.18. The smallest absolute Gasteiger partial charge is 0.153 e. The van der Waals surface area contributed by atoms with Crippen molar-refractivity contribution in [2.24, 2.45) is 0 Å². The largest absolute Gasteiger partial charge is 0.496 e. The molecule has 3 rings (SSSR count). The zero-order chi connectivity index (χ0) is 19.2. The van der Waals surface area contributed by atoms with Gasteiger partial charge in [0.25, 0.3) is 0 Å². The number of nitrogens with zero attached hydrogens (tertiary/aromatic N) is 2. The summed E-state index contributed by atoms with van der Waals surface area (Å²) in [6.45, 7) is 0. The molecule has 0 fully saturated rings. The van der Waals surface area contributed by atoms with E-state index in [4.69, 9.17) is 9.47 Å². The first-order chi connectivity index (χ1) is 13.2.